The Morgan fingerprint density at radius 2 is 1.62 bits per heavy atom. The van der Waals surface area contributed by atoms with Crippen LogP contribution in [0.2, 0.25) is 5.02 Å². The van der Waals surface area contributed by atoms with Crippen LogP contribution >= 0.6 is 11.6 Å². The van der Waals surface area contributed by atoms with Crippen LogP contribution in [0.15, 0.2) is 42.5 Å². The molecule has 112 valence electrons. The van der Waals surface area contributed by atoms with Crippen molar-refractivity contribution < 1.29 is 4.74 Å². The van der Waals surface area contributed by atoms with Crippen LogP contribution in [0.3, 0.4) is 0 Å². The van der Waals surface area contributed by atoms with E-state index in [-0.39, 0.29) is 0 Å². The van der Waals surface area contributed by atoms with Gasteiger partial charge in [0.05, 0.1) is 12.1 Å². The van der Waals surface area contributed by atoms with Gasteiger partial charge in [-0.15, -0.1) is 0 Å². The standard InChI is InChI=1S/C17H21ClN2O/c1-20(2)15-7-4-13(5-8-15)11-19-12-14-6-9-17(21-3)16(18)10-14/h4-10,19H,11-12H2,1-3H3. The summed E-state index contributed by atoms with van der Waals surface area (Å²) in [6, 6.07) is 14.4. The van der Waals surface area contributed by atoms with E-state index in [9.17, 15) is 0 Å². The number of nitrogens with zero attached hydrogens (tertiary/aromatic N) is 1. The number of halogens is 1. The molecule has 2 aromatic carbocycles. The summed E-state index contributed by atoms with van der Waals surface area (Å²) in [5.41, 5.74) is 3.62. The maximum atomic E-state index is 6.12. The zero-order valence-corrected chi connectivity index (χ0v) is 13.4. The Bertz CT molecular complexity index is 582. The van der Waals surface area contributed by atoms with Crippen molar-refractivity contribution in [2.75, 3.05) is 26.1 Å². The van der Waals surface area contributed by atoms with Gasteiger partial charge in [-0.1, -0.05) is 29.8 Å². The fraction of sp³-hybridized carbons (Fsp3) is 0.294. The second kappa shape index (κ2) is 7.34. The van der Waals surface area contributed by atoms with Gasteiger partial charge >= 0.3 is 0 Å². The second-order valence-corrected chi connectivity index (χ2v) is 5.54. The molecule has 0 aliphatic rings. The van der Waals surface area contributed by atoms with Crippen molar-refractivity contribution in [3.8, 4) is 5.75 Å². The van der Waals surface area contributed by atoms with Crippen molar-refractivity contribution in [2.24, 2.45) is 0 Å². The summed E-state index contributed by atoms with van der Waals surface area (Å²) in [6.45, 7) is 1.61. The molecule has 0 aliphatic carbocycles. The summed E-state index contributed by atoms with van der Waals surface area (Å²) >= 11 is 6.12. The molecule has 0 aliphatic heterocycles. The summed E-state index contributed by atoms with van der Waals surface area (Å²) in [7, 11) is 5.71. The van der Waals surface area contributed by atoms with Gasteiger partial charge in [0.2, 0.25) is 0 Å². The van der Waals surface area contributed by atoms with Crippen LogP contribution < -0.4 is 15.0 Å². The number of rotatable bonds is 6. The molecule has 0 heterocycles. The van der Waals surface area contributed by atoms with Crippen molar-refractivity contribution >= 4 is 17.3 Å². The molecule has 3 nitrogen and oxygen atoms in total. The molecule has 21 heavy (non-hydrogen) atoms. The molecule has 0 spiro atoms. The number of benzene rings is 2. The van der Waals surface area contributed by atoms with E-state index in [0.717, 1.165) is 18.7 Å². The van der Waals surface area contributed by atoms with Crippen molar-refractivity contribution in [1.82, 2.24) is 5.32 Å². The molecule has 1 N–H and O–H groups in total. The average Bonchev–Trinajstić information content (AvgIpc) is 2.48. The van der Waals surface area contributed by atoms with E-state index < -0.39 is 0 Å². The normalized spacial score (nSPS) is 10.5. The maximum absolute atomic E-state index is 6.12. The largest absolute Gasteiger partial charge is 0.495 e. The van der Waals surface area contributed by atoms with Crippen LogP contribution in [-0.4, -0.2) is 21.2 Å². The number of hydrogen-bond acceptors (Lipinski definition) is 3. The Balaban J connectivity index is 1.87. The molecule has 4 heteroatoms. The van der Waals surface area contributed by atoms with E-state index in [1.807, 2.05) is 32.3 Å². The molecule has 0 radical (unpaired) electrons. The lowest BCUT2D eigenvalue weighted by molar-refractivity contribution is 0.415. The third-order valence-electron chi connectivity index (χ3n) is 3.33. The first kappa shape index (κ1) is 15.7. The minimum atomic E-state index is 0.645. The Hall–Kier alpha value is -1.71. The van der Waals surface area contributed by atoms with E-state index in [1.165, 1.54) is 11.3 Å². The third-order valence-corrected chi connectivity index (χ3v) is 3.62. The lowest BCUT2D eigenvalue weighted by atomic mass is 10.2. The predicted molar refractivity (Wildman–Crippen MR) is 89.3 cm³/mol. The van der Waals surface area contributed by atoms with Crippen LogP contribution in [0.25, 0.3) is 0 Å². The minimum Gasteiger partial charge on any atom is -0.495 e. The number of hydrogen-bond donors (Lipinski definition) is 1. The molecule has 0 bridgehead atoms. The molecule has 0 amide bonds. The Labute approximate surface area is 131 Å². The van der Waals surface area contributed by atoms with Crippen LogP contribution in [0.5, 0.6) is 5.75 Å². The third kappa shape index (κ3) is 4.38. The number of anilines is 1. The van der Waals surface area contributed by atoms with Crippen molar-refractivity contribution in [3.63, 3.8) is 0 Å². The fourth-order valence-electron chi connectivity index (χ4n) is 2.08. The zero-order chi connectivity index (χ0) is 15.2. The van der Waals surface area contributed by atoms with Gasteiger partial charge < -0.3 is 15.0 Å². The monoisotopic (exact) mass is 304 g/mol. The highest BCUT2D eigenvalue weighted by molar-refractivity contribution is 6.32. The van der Waals surface area contributed by atoms with Gasteiger partial charge in [0.15, 0.2) is 0 Å². The van der Waals surface area contributed by atoms with Crippen molar-refractivity contribution in [3.05, 3.63) is 58.6 Å². The fourth-order valence-corrected chi connectivity index (χ4v) is 2.36. The topological polar surface area (TPSA) is 24.5 Å². The van der Waals surface area contributed by atoms with E-state index in [4.69, 9.17) is 16.3 Å². The van der Waals surface area contributed by atoms with Gasteiger partial charge in [0, 0.05) is 32.9 Å². The molecular weight excluding hydrogens is 284 g/mol. The van der Waals surface area contributed by atoms with E-state index in [2.05, 4.69) is 34.5 Å². The highest BCUT2D eigenvalue weighted by Gasteiger charge is 2.02. The first-order valence-electron chi connectivity index (χ1n) is 6.89. The van der Waals surface area contributed by atoms with Gasteiger partial charge in [-0.3, -0.25) is 0 Å². The molecule has 0 aromatic heterocycles. The Kier molecular flexibility index (Phi) is 5.48. The van der Waals surface area contributed by atoms with Crippen LogP contribution in [0.1, 0.15) is 11.1 Å². The number of ether oxygens (including phenoxy) is 1. The molecule has 2 rings (SSSR count). The SMILES string of the molecule is COc1ccc(CNCc2ccc(N(C)C)cc2)cc1Cl. The van der Waals surface area contributed by atoms with Crippen molar-refractivity contribution in [1.29, 1.82) is 0 Å². The van der Waals surface area contributed by atoms with E-state index in [0.29, 0.717) is 10.8 Å². The van der Waals surface area contributed by atoms with Gasteiger partial charge in [-0.25, -0.2) is 0 Å². The van der Waals surface area contributed by atoms with Crippen LogP contribution in [0, 0.1) is 0 Å². The summed E-state index contributed by atoms with van der Waals surface area (Å²) in [4.78, 5) is 2.09. The predicted octanol–water partition coefficient (Wildman–Crippen LogP) is 3.70. The first-order chi connectivity index (χ1) is 10.1. The van der Waals surface area contributed by atoms with Gasteiger partial charge in [-0.05, 0) is 35.4 Å². The molecule has 0 saturated carbocycles. The van der Waals surface area contributed by atoms with Crippen LogP contribution in [-0.2, 0) is 13.1 Å². The smallest absolute Gasteiger partial charge is 0.137 e. The van der Waals surface area contributed by atoms with E-state index in [1.54, 1.807) is 7.11 Å². The van der Waals surface area contributed by atoms with Gasteiger partial charge in [-0.2, -0.15) is 0 Å². The summed E-state index contributed by atoms with van der Waals surface area (Å²) < 4.78 is 5.15. The molecule has 0 atom stereocenters. The second-order valence-electron chi connectivity index (χ2n) is 5.13. The molecule has 0 unspecified atom stereocenters. The highest BCUT2D eigenvalue weighted by Crippen LogP contribution is 2.24. The summed E-state index contributed by atoms with van der Waals surface area (Å²) in [5.74, 6) is 0.708. The molecular formula is C17H21ClN2O. The summed E-state index contributed by atoms with van der Waals surface area (Å²) in [5, 5.41) is 4.06. The zero-order valence-electron chi connectivity index (χ0n) is 12.7. The lowest BCUT2D eigenvalue weighted by Crippen LogP contribution is -2.13. The van der Waals surface area contributed by atoms with E-state index >= 15 is 0 Å². The Morgan fingerprint density at radius 1 is 1.00 bits per heavy atom. The molecule has 0 saturated heterocycles. The highest BCUT2D eigenvalue weighted by atomic mass is 35.5. The maximum Gasteiger partial charge on any atom is 0.137 e. The average molecular weight is 305 g/mol. The van der Waals surface area contributed by atoms with Crippen LogP contribution in [0.4, 0.5) is 5.69 Å². The van der Waals surface area contributed by atoms with Gasteiger partial charge in [0.25, 0.3) is 0 Å². The Morgan fingerprint density at radius 3 is 2.19 bits per heavy atom. The van der Waals surface area contributed by atoms with Crippen molar-refractivity contribution in [2.45, 2.75) is 13.1 Å². The number of methoxy groups -OCH3 is 1. The quantitative estimate of drug-likeness (QED) is 0.880. The number of nitrogens with one attached hydrogen (secondary N) is 1. The molecule has 0 fully saturated rings. The molecule has 2 aromatic rings. The lowest BCUT2D eigenvalue weighted by Gasteiger charge is -2.13. The van der Waals surface area contributed by atoms with Gasteiger partial charge in [0.1, 0.15) is 5.75 Å². The first-order valence-corrected chi connectivity index (χ1v) is 7.27. The minimum absolute atomic E-state index is 0.645. The summed E-state index contributed by atoms with van der Waals surface area (Å²) in [6.07, 6.45) is 0.